The van der Waals surface area contributed by atoms with Gasteiger partial charge < -0.3 is 4.98 Å². The summed E-state index contributed by atoms with van der Waals surface area (Å²) in [5.74, 6) is -0.0968. The summed E-state index contributed by atoms with van der Waals surface area (Å²) in [5.41, 5.74) is 1.55. The first-order valence-electron chi connectivity index (χ1n) is 4.96. The average molecular weight is 279 g/mol. The largest absolute Gasteiger partial charge is 0.348 e. The van der Waals surface area contributed by atoms with Crippen LogP contribution in [0, 0.1) is 0 Å². The molecule has 0 spiro atoms. The van der Waals surface area contributed by atoms with E-state index in [0.717, 1.165) is 10.2 Å². The van der Waals surface area contributed by atoms with Crippen LogP contribution in [0.2, 0.25) is 0 Å². The van der Waals surface area contributed by atoms with Crippen molar-refractivity contribution in [2.75, 3.05) is 0 Å². The summed E-state index contributed by atoms with van der Waals surface area (Å²) in [6.07, 6.45) is 3.27. The number of ketones is 1. The van der Waals surface area contributed by atoms with Crippen molar-refractivity contribution in [2.24, 2.45) is 0 Å². The summed E-state index contributed by atoms with van der Waals surface area (Å²) in [6.45, 7) is 1.87. The number of carbonyl (C=O) groups is 1. The lowest BCUT2D eigenvalue weighted by molar-refractivity contribution is 0.0964. The van der Waals surface area contributed by atoms with E-state index in [1.165, 1.54) is 0 Å². The molecule has 4 heteroatoms. The van der Waals surface area contributed by atoms with E-state index in [2.05, 4.69) is 25.9 Å². The van der Waals surface area contributed by atoms with Crippen molar-refractivity contribution < 1.29 is 4.79 Å². The minimum Gasteiger partial charge on any atom is -0.348 e. The molecule has 1 unspecified atom stereocenters. The lowest BCUT2D eigenvalue weighted by Crippen LogP contribution is -2.09. The molecule has 0 saturated carbocycles. The Bertz CT molecular complexity index is 476. The highest BCUT2D eigenvalue weighted by Gasteiger charge is 2.17. The summed E-state index contributed by atoms with van der Waals surface area (Å²) in [7, 11) is 0. The van der Waals surface area contributed by atoms with Crippen molar-refractivity contribution in [2.45, 2.75) is 12.8 Å². The van der Waals surface area contributed by atoms with Crippen LogP contribution in [0.5, 0.6) is 0 Å². The molecule has 2 rings (SSSR count). The van der Waals surface area contributed by atoms with Gasteiger partial charge in [-0.2, -0.15) is 0 Å². The number of halogens is 1. The lowest BCUT2D eigenvalue weighted by atomic mass is 9.97. The fourth-order valence-electron chi connectivity index (χ4n) is 1.51. The normalized spacial score (nSPS) is 12.4. The number of benzene rings is 1. The van der Waals surface area contributed by atoms with Crippen molar-refractivity contribution in [1.82, 2.24) is 9.97 Å². The van der Waals surface area contributed by atoms with Gasteiger partial charge in [-0.05, 0) is 19.1 Å². The molecule has 16 heavy (non-hydrogen) atoms. The Hall–Kier alpha value is -1.42. The zero-order valence-corrected chi connectivity index (χ0v) is 10.4. The van der Waals surface area contributed by atoms with Gasteiger partial charge in [-0.15, -0.1) is 0 Å². The van der Waals surface area contributed by atoms with E-state index in [1.54, 1.807) is 12.5 Å². The first-order chi connectivity index (χ1) is 7.68. The number of rotatable bonds is 3. The Morgan fingerprint density at radius 3 is 2.62 bits per heavy atom. The zero-order chi connectivity index (χ0) is 11.5. The third-order valence-electron chi connectivity index (χ3n) is 2.51. The summed E-state index contributed by atoms with van der Waals surface area (Å²) >= 11 is 3.34. The molecule has 0 radical (unpaired) electrons. The standard InChI is InChI=1S/C12H11BrN2O/c1-8(11-6-14-7-15-11)12(16)9-2-4-10(13)5-3-9/h2-8H,1H3,(H,14,15). The topological polar surface area (TPSA) is 45.8 Å². The van der Waals surface area contributed by atoms with E-state index in [0.29, 0.717) is 5.56 Å². The van der Waals surface area contributed by atoms with Gasteiger partial charge in [0, 0.05) is 21.9 Å². The van der Waals surface area contributed by atoms with E-state index in [4.69, 9.17) is 0 Å². The van der Waals surface area contributed by atoms with Gasteiger partial charge in [0.2, 0.25) is 0 Å². The van der Waals surface area contributed by atoms with Gasteiger partial charge in [-0.3, -0.25) is 4.79 Å². The quantitative estimate of drug-likeness (QED) is 0.877. The Kier molecular flexibility index (Phi) is 3.19. The van der Waals surface area contributed by atoms with Crippen molar-refractivity contribution >= 4 is 21.7 Å². The molecule has 1 heterocycles. The predicted molar refractivity (Wildman–Crippen MR) is 65.5 cm³/mol. The van der Waals surface area contributed by atoms with Crippen LogP contribution in [0.3, 0.4) is 0 Å². The molecule has 0 fully saturated rings. The number of hydrogen-bond acceptors (Lipinski definition) is 2. The molecule has 0 aliphatic rings. The Morgan fingerprint density at radius 2 is 2.06 bits per heavy atom. The summed E-state index contributed by atoms with van der Waals surface area (Å²) < 4.78 is 0.971. The average Bonchev–Trinajstić information content (AvgIpc) is 2.81. The minimum atomic E-state index is -0.191. The van der Waals surface area contributed by atoms with E-state index >= 15 is 0 Å². The maximum Gasteiger partial charge on any atom is 0.171 e. The molecule has 1 aromatic carbocycles. The van der Waals surface area contributed by atoms with E-state index < -0.39 is 0 Å². The highest BCUT2D eigenvalue weighted by molar-refractivity contribution is 9.10. The maximum atomic E-state index is 12.1. The van der Waals surface area contributed by atoms with Crippen LogP contribution in [0.25, 0.3) is 0 Å². The molecular weight excluding hydrogens is 268 g/mol. The van der Waals surface area contributed by atoms with Gasteiger partial charge in [-0.1, -0.05) is 28.1 Å². The lowest BCUT2D eigenvalue weighted by Gasteiger charge is -2.08. The highest BCUT2D eigenvalue weighted by Crippen LogP contribution is 2.19. The Balaban J connectivity index is 2.22. The van der Waals surface area contributed by atoms with Crippen molar-refractivity contribution in [1.29, 1.82) is 0 Å². The van der Waals surface area contributed by atoms with E-state index in [-0.39, 0.29) is 11.7 Å². The second kappa shape index (κ2) is 4.61. The first-order valence-corrected chi connectivity index (χ1v) is 5.76. The number of aromatic amines is 1. The van der Waals surface area contributed by atoms with Crippen molar-refractivity contribution in [3.05, 3.63) is 52.5 Å². The van der Waals surface area contributed by atoms with Crippen LogP contribution in [-0.4, -0.2) is 15.8 Å². The number of aromatic nitrogens is 2. The van der Waals surface area contributed by atoms with Crippen LogP contribution in [0.15, 0.2) is 41.3 Å². The zero-order valence-electron chi connectivity index (χ0n) is 8.77. The summed E-state index contributed by atoms with van der Waals surface area (Å²) in [6, 6.07) is 7.37. The molecule has 1 N–H and O–H groups in total. The third kappa shape index (κ3) is 2.22. The molecule has 0 aliphatic heterocycles. The summed E-state index contributed by atoms with van der Waals surface area (Å²) in [4.78, 5) is 19.0. The van der Waals surface area contributed by atoms with Gasteiger partial charge in [0.05, 0.1) is 12.2 Å². The fraction of sp³-hybridized carbons (Fsp3) is 0.167. The third-order valence-corrected chi connectivity index (χ3v) is 3.04. The summed E-state index contributed by atoms with van der Waals surface area (Å²) in [5, 5.41) is 0. The minimum absolute atomic E-state index is 0.0942. The molecular formula is C12H11BrN2O. The van der Waals surface area contributed by atoms with Crippen LogP contribution < -0.4 is 0 Å². The molecule has 0 bridgehead atoms. The second-order valence-corrected chi connectivity index (χ2v) is 4.52. The molecule has 0 aliphatic carbocycles. The molecule has 1 aromatic heterocycles. The molecule has 0 amide bonds. The van der Waals surface area contributed by atoms with Crippen molar-refractivity contribution in [3.63, 3.8) is 0 Å². The number of nitrogens with zero attached hydrogens (tertiary/aromatic N) is 1. The maximum absolute atomic E-state index is 12.1. The molecule has 0 saturated heterocycles. The monoisotopic (exact) mass is 278 g/mol. The van der Waals surface area contributed by atoms with Gasteiger partial charge >= 0.3 is 0 Å². The molecule has 1 atom stereocenters. The Labute approximate surface area is 102 Å². The SMILES string of the molecule is CC(C(=O)c1ccc(Br)cc1)c1cnc[nH]1. The van der Waals surface area contributed by atoms with Gasteiger partial charge in [0.15, 0.2) is 5.78 Å². The molecule has 82 valence electrons. The first kappa shape index (κ1) is 11.1. The predicted octanol–water partition coefficient (Wildman–Crippen LogP) is 3.16. The van der Waals surface area contributed by atoms with Crippen LogP contribution in [-0.2, 0) is 0 Å². The van der Waals surface area contributed by atoms with Crippen LogP contribution >= 0.6 is 15.9 Å². The smallest absolute Gasteiger partial charge is 0.171 e. The van der Waals surface area contributed by atoms with Gasteiger partial charge in [0.1, 0.15) is 0 Å². The fourth-order valence-corrected chi connectivity index (χ4v) is 1.77. The molecule has 3 nitrogen and oxygen atoms in total. The van der Waals surface area contributed by atoms with Gasteiger partial charge in [-0.25, -0.2) is 4.98 Å². The Morgan fingerprint density at radius 1 is 1.38 bits per heavy atom. The van der Waals surface area contributed by atoms with Gasteiger partial charge in [0.25, 0.3) is 0 Å². The molecule has 2 aromatic rings. The van der Waals surface area contributed by atoms with E-state index in [1.807, 2.05) is 31.2 Å². The number of hydrogen-bond donors (Lipinski definition) is 1. The van der Waals surface area contributed by atoms with Crippen LogP contribution in [0.1, 0.15) is 28.9 Å². The highest BCUT2D eigenvalue weighted by atomic mass is 79.9. The number of carbonyl (C=O) groups excluding carboxylic acids is 1. The van der Waals surface area contributed by atoms with Crippen molar-refractivity contribution in [3.8, 4) is 0 Å². The van der Waals surface area contributed by atoms with E-state index in [9.17, 15) is 4.79 Å². The number of nitrogens with one attached hydrogen (secondary N) is 1. The number of Topliss-reactive ketones (excluding diaryl/α,β-unsaturated/α-hetero) is 1. The number of H-pyrrole nitrogens is 1. The second-order valence-electron chi connectivity index (χ2n) is 3.60. The van der Waals surface area contributed by atoms with Crippen LogP contribution in [0.4, 0.5) is 0 Å². The number of imidazole rings is 1.